The van der Waals surface area contributed by atoms with Crippen molar-refractivity contribution in [2.45, 2.75) is 53.1 Å². The quantitative estimate of drug-likeness (QED) is 0.252. The largest absolute Gasteiger partial charge is 0.357 e. The van der Waals surface area contributed by atoms with Crippen LogP contribution in [0.5, 0.6) is 0 Å². The summed E-state index contributed by atoms with van der Waals surface area (Å²) in [6.45, 7) is 12.1. The van der Waals surface area contributed by atoms with E-state index in [9.17, 15) is 4.79 Å². The third-order valence-electron chi connectivity index (χ3n) is 5.33. The maximum atomic E-state index is 12.2. The first-order valence-corrected chi connectivity index (χ1v) is 10.7. The van der Waals surface area contributed by atoms with Gasteiger partial charge in [0.2, 0.25) is 5.91 Å². The summed E-state index contributed by atoms with van der Waals surface area (Å²) >= 11 is 0. The normalized spacial score (nSPS) is 16.8. The molecule has 30 heavy (non-hydrogen) atoms. The minimum absolute atomic E-state index is 0. The fraction of sp³-hybridized carbons (Fsp3) is 0.591. The lowest BCUT2D eigenvalue weighted by molar-refractivity contribution is -0.133. The van der Waals surface area contributed by atoms with Gasteiger partial charge in [-0.15, -0.1) is 24.0 Å². The highest BCUT2D eigenvalue weighted by Gasteiger charge is 2.27. The van der Waals surface area contributed by atoms with E-state index >= 15 is 0 Å². The number of imidazole rings is 1. The van der Waals surface area contributed by atoms with Crippen LogP contribution in [0.2, 0.25) is 0 Å². The van der Waals surface area contributed by atoms with Gasteiger partial charge in [-0.1, -0.05) is 26.0 Å². The van der Waals surface area contributed by atoms with Crippen LogP contribution in [0.3, 0.4) is 0 Å². The minimum Gasteiger partial charge on any atom is -0.357 e. The Labute approximate surface area is 196 Å². The molecule has 1 aliphatic heterocycles. The van der Waals surface area contributed by atoms with Gasteiger partial charge in [0.1, 0.15) is 5.82 Å². The second kappa shape index (κ2) is 11.5. The number of hydrogen-bond donors (Lipinski definition) is 2. The van der Waals surface area contributed by atoms with Crippen LogP contribution in [0.15, 0.2) is 29.3 Å². The Bertz CT molecular complexity index is 862. The summed E-state index contributed by atoms with van der Waals surface area (Å²) in [7, 11) is 0. The van der Waals surface area contributed by atoms with Crippen molar-refractivity contribution < 1.29 is 4.79 Å². The number of hydrogen-bond acceptors (Lipinski definition) is 3. The molecule has 0 saturated carbocycles. The number of fused-ring (bicyclic) bond motifs is 1. The van der Waals surface area contributed by atoms with Crippen molar-refractivity contribution >= 4 is 46.9 Å². The van der Waals surface area contributed by atoms with Crippen LogP contribution in [0, 0.1) is 12.8 Å². The van der Waals surface area contributed by atoms with E-state index < -0.39 is 0 Å². The van der Waals surface area contributed by atoms with Crippen molar-refractivity contribution in [1.29, 1.82) is 0 Å². The summed E-state index contributed by atoms with van der Waals surface area (Å²) in [4.78, 5) is 23.5. The Morgan fingerprint density at radius 1 is 1.33 bits per heavy atom. The molecule has 0 radical (unpaired) electrons. The average Bonchev–Trinajstić information content (AvgIpc) is 3.28. The van der Waals surface area contributed by atoms with Crippen molar-refractivity contribution in [3.05, 3.63) is 30.1 Å². The second-order valence-corrected chi connectivity index (χ2v) is 7.98. The number of aliphatic imine (C=N–C) groups is 1. The van der Waals surface area contributed by atoms with Gasteiger partial charge in [-0.2, -0.15) is 0 Å². The van der Waals surface area contributed by atoms with E-state index in [0.29, 0.717) is 0 Å². The molecule has 1 fully saturated rings. The number of likely N-dealkylation sites (tertiary alicyclic amines) is 1. The molecule has 2 heterocycles. The van der Waals surface area contributed by atoms with Gasteiger partial charge in [0.05, 0.1) is 11.0 Å². The average molecular weight is 526 g/mol. The molecular weight excluding hydrogens is 491 g/mol. The summed E-state index contributed by atoms with van der Waals surface area (Å²) in [5.41, 5.74) is 2.23. The molecule has 1 saturated heterocycles. The number of para-hydroxylation sites is 2. The van der Waals surface area contributed by atoms with E-state index in [4.69, 9.17) is 4.99 Å². The number of amides is 1. The Hall–Kier alpha value is -1.84. The van der Waals surface area contributed by atoms with Gasteiger partial charge in [0.15, 0.2) is 5.96 Å². The zero-order valence-electron chi connectivity index (χ0n) is 18.5. The number of aryl methyl sites for hydroxylation is 2. The third-order valence-corrected chi connectivity index (χ3v) is 5.33. The lowest BCUT2D eigenvalue weighted by Gasteiger charge is -2.20. The fourth-order valence-electron chi connectivity index (χ4n) is 3.85. The number of rotatable bonds is 7. The molecule has 1 atom stereocenters. The van der Waals surface area contributed by atoms with Crippen molar-refractivity contribution in [2.75, 3.05) is 26.2 Å². The van der Waals surface area contributed by atoms with Crippen LogP contribution in [-0.4, -0.2) is 58.5 Å². The Balaban J connectivity index is 0.00000320. The summed E-state index contributed by atoms with van der Waals surface area (Å²) in [5, 5.41) is 6.83. The molecule has 1 unspecified atom stereocenters. The molecule has 166 valence electrons. The number of benzene rings is 1. The molecular formula is C22H35IN6O. The van der Waals surface area contributed by atoms with E-state index in [2.05, 4.69) is 52.2 Å². The molecule has 1 aliphatic rings. The third kappa shape index (κ3) is 6.09. The molecule has 1 aromatic heterocycles. The highest BCUT2D eigenvalue weighted by molar-refractivity contribution is 14.0. The van der Waals surface area contributed by atoms with Crippen LogP contribution in [0.25, 0.3) is 11.0 Å². The van der Waals surface area contributed by atoms with E-state index in [1.807, 2.05) is 24.8 Å². The highest BCUT2D eigenvalue weighted by Crippen LogP contribution is 2.16. The number of nitrogens with zero attached hydrogens (tertiary/aromatic N) is 4. The van der Waals surface area contributed by atoms with Gasteiger partial charge in [0, 0.05) is 44.7 Å². The summed E-state index contributed by atoms with van der Waals surface area (Å²) in [6, 6.07) is 8.51. The number of halogens is 1. The Morgan fingerprint density at radius 3 is 2.83 bits per heavy atom. The monoisotopic (exact) mass is 526 g/mol. The van der Waals surface area contributed by atoms with Gasteiger partial charge in [-0.05, 0) is 38.8 Å². The number of aromatic nitrogens is 2. The van der Waals surface area contributed by atoms with Crippen LogP contribution in [0.1, 0.15) is 39.4 Å². The van der Waals surface area contributed by atoms with Crippen LogP contribution < -0.4 is 10.6 Å². The molecule has 3 rings (SSSR count). The first-order chi connectivity index (χ1) is 14.0. The van der Waals surface area contributed by atoms with Crippen LogP contribution in [0.4, 0.5) is 0 Å². The van der Waals surface area contributed by atoms with E-state index in [1.165, 1.54) is 5.52 Å². The first kappa shape index (κ1) is 24.4. The van der Waals surface area contributed by atoms with Crippen LogP contribution in [-0.2, 0) is 11.3 Å². The summed E-state index contributed by atoms with van der Waals surface area (Å²) < 4.78 is 2.26. The SMILES string of the molecule is CCNC(=NCCCn1c(C)nc2ccccc21)NC1CCN(C(=O)C(C)C)C1.I. The van der Waals surface area contributed by atoms with Crippen molar-refractivity contribution in [3.8, 4) is 0 Å². The lowest BCUT2D eigenvalue weighted by atomic mass is 10.2. The second-order valence-electron chi connectivity index (χ2n) is 7.98. The molecule has 2 N–H and O–H groups in total. The topological polar surface area (TPSA) is 74.6 Å². The van der Waals surface area contributed by atoms with Crippen LogP contribution >= 0.6 is 24.0 Å². The predicted octanol–water partition coefficient (Wildman–Crippen LogP) is 3.16. The van der Waals surface area contributed by atoms with Gasteiger partial charge < -0.3 is 20.1 Å². The zero-order chi connectivity index (χ0) is 20.8. The smallest absolute Gasteiger partial charge is 0.225 e. The summed E-state index contributed by atoms with van der Waals surface area (Å²) in [6.07, 6.45) is 1.91. The van der Waals surface area contributed by atoms with Gasteiger partial charge in [-0.25, -0.2) is 4.98 Å². The number of carbonyl (C=O) groups excluding carboxylic acids is 1. The van der Waals surface area contributed by atoms with Crippen molar-refractivity contribution in [2.24, 2.45) is 10.9 Å². The maximum absolute atomic E-state index is 12.2. The summed E-state index contributed by atoms with van der Waals surface area (Å²) in [5.74, 6) is 2.17. The highest BCUT2D eigenvalue weighted by atomic mass is 127. The molecule has 0 bridgehead atoms. The molecule has 7 nitrogen and oxygen atoms in total. The van der Waals surface area contributed by atoms with Gasteiger partial charge >= 0.3 is 0 Å². The number of carbonyl (C=O) groups is 1. The van der Waals surface area contributed by atoms with Gasteiger partial charge in [-0.3, -0.25) is 9.79 Å². The number of nitrogens with one attached hydrogen (secondary N) is 2. The van der Waals surface area contributed by atoms with E-state index in [0.717, 1.165) is 62.9 Å². The Kier molecular flexibility index (Phi) is 9.38. The van der Waals surface area contributed by atoms with Gasteiger partial charge in [0.25, 0.3) is 0 Å². The fourth-order valence-corrected chi connectivity index (χ4v) is 3.85. The first-order valence-electron chi connectivity index (χ1n) is 10.7. The molecule has 1 aromatic carbocycles. The predicted molar refractivity (Wildman–Crippen MR) is 133 cm³/mol. The maximum Gasteiger partial charge on any atom is 0.225 e. The molecule has 8 heteroatoms. The van der Waals surface area contributed by atoms with E-state index in [1.54, 1.807) is 0 Å². The Morgan fingerprint density at radius 2 is 2.10 bits per heavy atom. The molecule has 0 aliphatic carbocycles. The van der Waals surface area contributed by atoms with E-state index in [-0.39, 0.29) is 41.8 Å². The minimum atomic E-state index is 0. The standard InChI is InChI=1S/C22H34N6O.HI/c1-5-23-22(26-18-11-14-27(15-18)21(29)16(2)3)24-12-8-13-28-17(4)25-19-9-6-7-10-20(19)28;/h6-7,9-10,16,18H,5,8,11-15H2,1-4H3,(H2,23,24,26);1H. The van der Waals surface area contributed by atoms with Crippen molar-refractivity contribution in [1.82, 2.24) is 25.1 Å². The lowest BCUT2D eigenvalue weighted by Crippen LogP contribution is -2.45. The molecule has 1 amide bonds. The van der Waals surface area contributed by atoms with Crippen molar-refractivity contribution in [3.63, 3.8) is 0 Å². The zero-order valence-corrected chi connectivity index (χ0v) is 20.8. The molecule has 0 spiro atoms. The number of guanidine groups is 1. The molecule has 2 aromatic rings.